The van der Waals surface area contributed by atoms with E-state index in [1.54, 1.807) is 0 Å². The molecule has 1 heterocycles. The lowest BCUT2D eigenvalue weighted by Gasteiger charge is -2.13. The van der Waals surface area contributed by atoms with Crippen molar-refractivity contribution < 1.29 is 0 Å². The van der Waals surface area contributed by atoms with E-state index in [4.69, 9.17) is 0 Å². The van der Waals surface area contributed by atoms with Crippen molar-refractivity contribution in [2.75, 3.05) is 0 Å². The van der Waals surface area contributed by atoms with Crippen LogP contribution in [-0.4, -0.2) is 4.98 Å². The normalized spacial score (nSPS) is 10.5. The molecule has 1 nitrogen and oxygen atoms in total. The van der Waals surface area contributed by atoms with Crippen molar-refractivity contribution in [3.8, 4) is 22.4 Å². The Morgan fingerprint density at radius 1 is 0.700 bits per heavy atom. The summed E-state index contributed by atoms with van der Waals surface area (Å²) in [4.78, 5) is 4.61. The molecule has 3 rings (SSSR count). The average molecular weight is 259 g/mol. The molecule has 0 unspecified atom stereocenters. The highest BCUT2D eigenvalue weighted by Crippen LogP contribution is 2.33. The average Bonchev–Trinajstić information content (AvgIpc) is 2.48. The van der Waals surface area contributed by atoms with Crippen LogP contribution in [0.5, 0.6) is 0 Å². The van der Waals surface area contributed by atoms with Crippen LogP contribution in [0.3, 0.4) is 0 Å². The molecular formula is C19H17N. The van der Waals surface area contributed by atoms with Gasteiger partial charge in [0.05, 0.1) is 5.69 Å². The highest BCUT2D eigenvalue weighted by Gasteiger charge is 2.11. The lowest BCUT2D eigenvalue weighted by Crippen LogP contribution is -1.93. The highest BCUT2D eigenvalue weighted by atomic mass is 14.7. The standard InChI is InChI=1S/C19H17N/c1-14-8-6-9-15(2)18(14)17-12-7-13-20-19(17)16-10-4-3-5-11-16/h3-13H,1-2H3. The molecule has 0 radical (unpaired) electrons. The van der Waals surface area contributed by atoms with Crippen molar-refractivity contribution in [2.24, 2.45) is 0 Å². The van der Waals surface area contributed by atoms with E-state index in [1.807, 2.05) is 18.3 Å². The number of rotatable bonds is 2. The summed E-state index contributed by atoms with van der Waals surface area (Å²) in [6.07, 6.45) is 1.86. The Morgan fingerprint density at radius 2 is 1.40 bits per heavy atom. The largest absolute Gasteiger partial charge is 0.256 e. The second-order valence-corrected chi connectivity index (χ2v) is 5.03. The predicted molar refractivity (Wildman–Crippen MR) is 84.6 cm³/mol. The van der Waals surface area contributed by atoms with Gasteiger partial charge >= 0.3 is 0 Å². The fraction of sp³-hybridized carbons (Fsp3) is 0.105. The zero-order chi connectivity index (χ0) is 13.9. The molecular weight excluding hydrogens is 242 g/mol. The fourth-order valence-electron chi connectivity index (χ4n) is 2.67. The summed E-state index contributed by atoms with van der Waals surface area (Å²) in [7, 11) is 0. The third-order valence-electron chi connectivity index (χ3n) is 3.61. The summed E-state index contributed by atoms with van der Waals surface area (Å²) in [5.74, 6) is 0. The lowest BCUT2D eigenvalue weighted by molar-refractivity contribution is 1.30. The molecule has 98 valence electrons. The molecule has 0 aliphatic rings. The third-order valence-corrected chi connectivity index (χ3v) is 3.61. The van der Waals surface area contributed by atoms with Gasteiger partial charge < -0.3 is 0 Å². The Balaban J connectivity index is 2.26. The first kappa shape index (κ1) is 12.6. The van der Waals surface area contributed by atoms with Crippen molar-refractivity contribution in [3.63, 3.8) is 0 Å². The SMILES string of the molecule is Cc1cccc(C)c1-c1cccnc1-c1ccccc1. The molecule has 0 amide bonds. The summed E-state index contributed by atoms with van der Waals surface area (Å²) in [6, 6.07) is 20.9. The second kappa shape index (κ2) is 5.30. The van der Waals surface area contributed by atoms with Crippen LogP contribution in [-0.2, 0) is 0 Å². The van der Waals surface area contributed by atoms with Crippen LogP contribution in [0.15, 0.2) is 66.9 Å². The molecule has 0 spiro atoms. The van der Waals surface area contributed by atoms with Crippen molar-refractivity contribution in [1.29, 1.82) is 0 Å². The number of aryl methyl sites for hydroxylation is 2. The molecule has 0 fully saturated rings. The maximum absolute atomic E-state index is 4.61. The molecule has 0 atom stereocenters. The lowest BCUT2D eigenvalue weighted by atomic mass is 9.92. The minimum Gasteiger partial charge on any atom is -0.256 e. The van der Waals surface area contributed by atoms with Gasteiger partial charge in [-0.25, -0.2) is 0 Å². The molecule has 20 heavy (non-hydrogen) atoms. The maximum Gasteiger partial charge on any atom is 0.0780 e. The molecule has 0 aliphatic heterocycles. The number of aromatic nitrogens is 1. The van der Waals surface area contributed by atoms with E-state index in [2.05, 4.69) is 67.4 Å². The Bertz CT molecular complexity index is 710. The molecule has 0 bridgehead atoms. The first-order chi connectivity index (χ1) is 9.77. The zero-order valence-electron chi connectivity index (χ0n) is 11.8. The maximum atomic E-state index is 4.61. The van der Waals surface area contributed by atoms with E-state index in [1.165, 1.54) is 22.3 Å². The second-order valence-electron chi connectivity index (χ2n) is 5.03. The van der Waals surface area contributed by atoms with Gasteiger partial charge in [-0.05, 0) is 36.6 Å². The Morgan fingerprint density at radius 3 is 2.10 bits per heavy atom. The predicted octanol–water partition coefficient (Wildman–Crippen LogP) is 5.03. The van der Waals surface area contributed by atoms with Gasteiger partial charge in [0, 0.05) is 17.3 Å². The van der Waals surface area contributed by atoms with Gasteiger partial charge in [-0.2, -0.15) is 0 Å². The molecule has 0 aliphatic carbocycles. The van der Waals surface area contributed by atoms with Gasteiger partial charge in [-0.3, -0.25) is 4.98 Å². The molecule has 0 saturated carbocycles. The molecule has 1 aromatic heterocycles. The highest BCUT2D eigenvalue weighted by molar-refractivity contribution is 5.83. The summed E-state index contributed by atoms with van der Waals surface area (Å²) in [5, 5.41) is 0. The van der Waals surface area contributed by atoms with Crippen LogP contribution >= 0.6 is 0 Å². The smallest absolute Gasteiger partial charge is 0.0780 e. The van der Waals surface area contributed by atoms with Crippen molar-refractivity contribution >= 4 is 0 Å². The molecule has 2 aromatic carbocycles. The summed E-state index contributed by atoms with van der Waals surface area (Å²) in [6.45, 7) is 4.31. The van der Waals surface area contributed by atoms with Crippen molar-refractivity contribution in [3.05, 3.63) is 78.0 Å². The Hall–Kier alpha value is -2.41. The number of hydrogen-bond acceptors (Lipinski definition) is 1. The number of hydrogen-bond donors (Lipinski definition) is 0. The van der Waals surface area contributed by atoms with Gasteiger partial charge in [-0.1, -0.05) is 54.6 Å². The van der Waals surface area contributed by atoms with E-state index < -0.39 is 0 Å². The van der Waals surface area contributed by atoms with Gasteiger partial charge in [0.2, 0.25) is 0 Å². The van der Waals surface area contributed by atoms with Gasteiger partial charge in [0.15, 0.2) is 0 Å². The Kier molecular flexibility index (Phi) is 3.34. The van der Waals surface area contributed by atoms with Crippen LogP contribution in [0.25, 0.3) is 22.4 Å². The monoisotopic (exact) mass is 259 g/mol. The fourth-order valence-corrected chi connectivity index (χ4v) is 2.67. The minimum atomic E-state index is 1.05. The molecule has 0 saturated heterocycles. The van der Waals surface area contributed by atoms with Gasteiger partial charge in [0.1, 0.15) is 0 Å². The van der Waals surface area contributed by atoms with Crippen molar-refractivity contribution in [2.45, 2.75) is 13.8 Å². The summed E-state index contributed by atoms with van der Waals surface area (Å²) < 4.78 is 0. The number of benzene rings is 2. The Labute approximate surface area is 119 Å². The van der Waals surface area contributed by atoms with Crippen LogP contribution in [0, 0.1) is 13.8 Å². The van der Waals surface area contributed by atoms with Crippen LogP contribution in [0.2, 0.25) is 0 Å². The van der Waals surface area contributed by atoms with Crippen LogP contribution < -0.4 is 0 Å². The van der Waals surface area contributed by atoms with Crippen LogP contribution in [0.4, 0.5) is 0 Å². The number of pyridine rings is 1. The zero-order valence-corrected chi connectivity index (χ0v) is 11.8. The molecule has 0 N–H and O–H groups in total. The van der Waals surface area contributed by atoms with E-state index >= 15 is 0 Å². The number of nitrogens with zero attached hydrogens (tertiary/aromatic N) is 1. The van der Waals surface area contributed by atoms with Gasteiger partial charge in [0.25, 0.3) is 0 Å². The van der Waals surface area contributed by atoms with Crippen LogP contribution in [0.1, 0.15) is 11.1 Å². The molecule has 3 aromatic rings. The van der Waals surface area contributed by atoms with E-state index in [-0.39, 0.29) is 0 Å². The summed E-state index contributed by atoms with van der Waals surface area (Å²) in [5.41, 5.74) is 7.27. The van der Waals surface area contributed by atoms with E-state index in [0.717, 1.165) is 11.3 Å². The van der Waals surface area contributed by atoms with Gasteiger partial charge in [-0.15, -0.1) is 0 Å². The first-order valence-corrected chi connectivity index (χ1v) is 6.84. The molecule has 1 heteroatoms. The minimum absolute atomic E-state index is 1.05. The first-order valence-electron chi connectivity index (χ1n) is 6.84. The summed E-state index contributed by atoms with van der Waals surface area (Å²) >= 11 is 0. The third kappa shape index (κ3) is 2.23. The van der Waals surface area contributed by atoms with Crippen molar-refractivity contribution in [1.82, 2.24) is 4.98 Å². The topological polar surface area (TPSA) is 12.9 Å². The quantitative estimate of drug-likeness (QED) is 0.628. The van der Waals surface area contributed by atoms with E-state index in [0.29, 0.717) is 0 Å². The van der Waals surface area contributed by atoms with E-state index in [9.17, 15) is 0 Å².